The highest BCUT2D eigenvalue weighted by atomic mass is 16.1. The number of amides is 1. The summed E-state index contributed by atoms with van der Waals surface area (Å²) in [6.07, 6.45) is 3.63. The molecule has 0 radical (unpaired) electrons. The summed E-state index contributed by atoms with van der Waals surface area (Å²) in [7, 11) is 0. The zero-order chi connectivity index (χ0) is 14.8. The van der Waals surface area contributed by atoms with E-state index >= 15 is 0 Å². The Morgan fingerprint density at radius 2 is 1.80 bits per heavy atom. The number of nitrogens with one attached hydrogen (secondary N) is 2. The van der Waals surface area contributed by atoms with E-state index in [2.05, 4.69) is 55.7 Å². The first-order chi connectivity index (χ1) is 9.71. The predicted molar refractivity (Wildman–Crippen MR) is 84.8 cm³/mol. The van der Waals surface area contributed by atoms with E-state index in [-0.39, 0.29) is 5.91 Å². The van der Waals surface area contributed by atoms with Crippen LogP contribution >= 0.6 is 0 Å². The third kappa shape index (κ3) is 5.74. The van der Waals surface area contributed by atoms with Crippen molar-refractivity contribution in [3.05, 3.63) is 35.4 Å². The number of carbonyl (C=O) groups is 1. The third-order valence-corrected chi connectivity index (χ3v) is 3.51. The molecule has 3 nitrogen and oxygen atoms in total. The van der Waals surface area contributed by atoms with Gasteiger partial charge in [-0.25, -0.2) is 0 Å². The second-order valence-corrected chi connectivity index (χ2v) is 5.11. The third-order valence-electron chi connectivity index (χ3n) is 3.51. The highest BCUT2D eigenvalue weighted by molar-refractivity contribution is 5.75. The summed E-state index contributed by atoms with van der Waals surface area (Å²) in [5.41, 5.74) is 2.67. The fraction of sp³-hybridized carbons (Fsp3) is 0.588. The van der Waals surface area contributed by atoms with Crippen LogP contribution in [-0.4, -0.2) is 19.0 Å². The minimum absolute atomic E-state index is 0.135. The molecule has 1 unspecified atom stereocenters. The molecule has 0 spiro atoms. The first-order valence-electron chi connectivity index (χ1n) is 7.80. The standard InChI is InChI=1S/C17H28N2O/c1-4-12-19-17(20)11-13-18-16(6-3)15-9-7-14(5-2)8-10-15/h7-10,16,18H,4-6,11-13H2,1-3H3,(H,19,20). The first kappa shape index (κ1) is 16.7. The van der Waals surface area contributed by atoms with Gasteiger partial charge in [0.25, 0.3) is 0 Å². The molecule has 1 amide bonds. The summed E-state index contributed by atoms with van der Waals surface area (Å²) in [6.45, 7) is 7.89. The minimum Gasteiger partial charge on any atom is -0.356 e. The average Bonchev–Trinajstić information content (AvgIpc) is 2.49. The maximum Gasteiger partial charge on any atom is 0.221 e. The van der Waals surface area contributed by atoms with Gasteiger partial charge < -0.3 is 10.6 Å². The Hall–Kier alpha value is -1.35. The van der Waals surface area contributed by atoms with E-state index in [0.717, 1.165) is 32.4 Å². The molecule has 1 atom stereocenters. The normalized spacial score (nSPS) is 12.2. The lowest BCUT2D eigenvalue weighted by atomic mass is 10.0. The summed E-state index contributed by atoms with van der Waals surface area (Å²) >= 11 is 0. The number of hydrogen-bond acceptors (Lipinski definition) is 2. The fourth-order valence-corrected chi connectivity index (χ4v) is 2.20. The largest absolute Gasteiger partial charge is 0.356 e. The van der Waals surface area contributed by atoms with Gasteiger partial charge in [-0.3, -0.25) is 4.79 Å². The number of carbonyl (C=O) groups excluding carboxylic acids is 1. The van der Waals surface area contributed by atoms with Crippen molar-refractivity contribution < 1.29 is 4.79 Å². The van der Waals surface area contributed by atoms with E-state index < -0.39 is 0 Å². The van der Waals surface area contributed by atoms with Gasteiger partial charge in [0.1, 0.15) is 0 Å². The van der Waals surface area contributed by atoms with Crippen molar-refractivity contribution in [2.24, 2.45) is 0 Å². The highest BCUT2D eigenvalue weighted by Crippen LogP contribution is 2.17. The lowest BCUT2D eigenvalue weighted by Crippen LogP contribution is -2.29. The van der Waals surface area contributed by atoms with Gasteiger partial charge in [-0.05, 0) is 30.4 Å². The molecule has 0 aliphatic heterocycles. The molecule has 2 N–H and O–H groups in total. The summed E-state index contributed by atoms with van der Waals surface area (Å²) < 4.78 is 0. The maximum atomic E-state index is 11.5. The lowest BCUT2D eigenvalue weighted by Gasteiger charge is -2.17. The molecule has 0 aliphatic carbocycles. The molecular weight excluding hydrogens is 248 g/mol. The van der Waals surface area contributed by atoms with Crippen LogP contribution in [0, 0.1) is 0 Å². The van der Waals surface area contributed by atoms with Crippen LogP contribution in [0.5, 0.6) is 0 Å². The summed E-state index contributed by atoms with van der Waals surface area (Å²) in [5.74, 6) is 0.135. The van der Waals surface area contributed by atoms with Crippen molar-refractivity contribution in [1.82, 2.24) is 10.6 Å². The van der Waals surface area contributed by atoms with Gasteiger partial charge in [-0.2, -0.15) is 0 Å². The van der Waals surface area contributed by atoms with Gasteiger partial charge in [-0.15, -0.1) is 0 Å². The Morgan fingerprint density at radius 1 is 1.10 bits per heavy atom. The second kappa shape index (κ2) is 9.54. The van der Waals surface area contributed by atoms with Crippen molar-refractivity contribution in [2.45, 2.75) is 52.5 Å². The van der Waals surface area contributed by atoms with Crippen LogP contribution in [0.3, 0.4) is 0 Å². The number of hydrogen-bond donors (Lipinski definition) is 2. The van der Waals surface area contributed by atoms with Crippen LogP contribution in [0.4, 0.5) is 0 Å². The van der Waals surface area contributed by atoms with Crippen molar-refractivity contribution in [3.8, 4) is 0 Å². The van der Waals surface area contributed by atoms with Crippen molar-refractivity contribution in [2.75, 3.05) is 13.1 Å². The van der Waals surface area contributed by atoms with E-state index in [4.69, 9.17) is 0 Å². The average molecular weight is 276 g/mol. The van der Waals surface area contributed by atoms with Crippen molar-refractivity contribution in [1.29, 1.82) is 0 Å². The van der Waals surface area contributed by atoms with E-state index in [1.165, 1.54) is 11.1 Å². The molecule has 1 aromatic carbocycles. The fourth-order valence-electron chi connectivity index (χ4n) is 2.20. The number of rotatable bonds is 9. The molecule has 0 aromatic heterocycles. The molecule has 1 rings (SSSR count). The highest BCUT2D eigenvalue weighted by Gasteiger charge is 2.09. The molecule has 0 fully saturated rings. The van der Waals surface area contributed by atoms with Gasteiger partial charge in [0.15, 0.2) is 0 Å². The SMILES string of the molecule is CCCNC(=O)CCNC(CC)c1ccc(CC)cc1. The molecule has 0 bridgehead atoms. The Morgan fingerprint density at radius 3 is 2.35 bits per heavy atom. The first-order valence-corrected chi connectivity index (χ1v) is 7.80. The van der Waals surface area contributed by atoms with E-state index in [1.807, 2.05) is 0 Å². The Balaban J connectivity index is 2.40. The summed E-state index contributed by atoms with van der Waals surface area (Å²) in [6, 6.07) is 9.09. The molecule has 0 saturated carbocycles. The van der Waals surface area contributed by atoms with E-state index in [9.17, 15) is 4.79 Å². The van der Waals surface area contributed by atoms with Crippen LogP contribution in [0.1, 0.15) is 57.2 Å². The topological polar surface area (TPSA) is 41.1 Å². The molecule has 0 aliphatic rings. The van der Waals surface area contributed by atoms with Gasteiger partial charge in [0.2, 0.25) is 5.91 Å². The van der Waals surface area contributed by atoms with Gasteiger partial charge in [0, 0.05) is 25.6 Å². The van der Waals surface area contributed by atoms with Crippen LogP contribution in [0.15, 0.2) is 24.3 Å². The maximum absolute atomic E-state index is 11.5. The zero-order valence-electron chi connectivity index (χ0n) is 13.0. The molecule has 112 valence electrons. The van der Waals surface area contributed by atoms with Crippen molar-refractivity contribution in [3.63, 3.8) is 0 Å². The number of benzene rings is 1. The zero-order valence-corrected chi connectivity index (χ0v) is 13.0. The van der Waals surface area contributed by atoms with Crippen LogP contribution < -0.4 is 10.6 Å². The summed E-state index contributed by atoms with van der Waals surface area (Å²) in [5, 5.41) is 6.37. The monoisotopic (exact) mass is 276 g/mol. The van der Waals surface area contributed by atoms with E-state index in [0.29, 0.717) is 12.5 Å². The predicted octanol–water partition coefficient (Wildman–Crippen LogP) is 3.21. The van der Waals surface area contributed by atoms with Gasteiger partial charge in [-0.1, -0.05) is 45.0 Å². The smallest absolute Gasteiger partial charge is 0.221 e. The molecule has 0 heterocycles. The Labute approximate surface area is 123 Å². The molecule has 1 aromatic rings. The molecule has 3 heteroatoms. The molecule has 20 heavy (non-hydrogen) atoms. The van der Waals surface area contributed by atoms with Crippen LogP contribution in [-0.2, 0) is 11.2 Å². The second-order valence-electron chi connectivity index (χ2n) is 5.11. The Kier molecular flexibility index (Phi) is 7.97. The summed E-state index contributed by atoms with van der Waals surface area (Å²) in [4.78, 5) is 11.5. The van der Waals surface area contributed by atoms with E-state index in [1.54, 1.807) is 0 Å². The number of aryl methyl sites for hydroxylation is 1. The minimum atomic E-state index is 0.135. The van der Waals surface area contributed by atoms with Crippen molar-refractivity contribution >= 4 is 5.91 Å². The van der Waals surface area contributed by atoms with Crippen LogP contribution in [0.2, 0.25) is 0 Å². The molecular formula is C17H28N2O. The van der Waals surface area contributed by atoms with Gasteiger partial charge in [0.05, 0.1) is 0 Å². The van der Waals surface area contributed by atoms with Gasteiger partial charge >= 0.3 is 0 Å². The Bertz CT molecular complexity index is 386. The lowest BCUT2D eigenvalue weighted by molar-refractivity contribution is -0.121. The quantitative estimate of drug-likeness (QED) is 0.727. The van der Waals surface area contributed by atoms with Crippen LogP contribution in [0.25, 0.3) is 0 Å². The molecule has 0 saturated heterocycles.